The normalized spacial score (nSPS) is 20.3. The van der Waals surface area contributed by atoms with Crippen LogP contribution in [0, 0.1) is 0 Å². The van der Waals surface area contributed by atoms with Crippen molar-refractivity contribution in [2.24, 2.45) is 5.73 Å². The van der Waals surface area contributed by atoms with E-state index in [-0.39, 0.29) is 0 Å². The molecule has 0 fully saturated rings. The van der Waals surface area contributed by atoms with Crippen LogP contribution in [0.25, 0.3) is 0 Å². The van der Waals surface area contributed by atoms with Gasteiger partial charge in [-0.1, -0.05) is 6.07 Å². The number of nitrogens with two attached hydrogens (primary N) is 1. The largest absolute Gasteiger partial charge is 0.497 e. The molecule has 0 bridgehead atoms. The number of hydrogen-bond donors (Lipinski definition) is 2. The summed E-state index contributed by atoms with van der Waals surface area (Å²) in [5, 5.41) is 3.40. The minimum Gasteiger partial charge on any atom is -0.497 e. The third kappa shape index (κ3) is 1.74. The van der Waals surface area contributed by atoms with Crippen LogP contribution in [0.4, 0.5) is 0 Å². The van der Waals surface area contributed by atoms with E-state index in [4.69, 9.17) is 10.5 Å². The highest BCUT2D eigenvalue weighted by Crippen LogP contribution is 2.21. The molecule has 76 valence electrons. The molecule has 1 aliphatic heterocycles. The van der Waals surface area contributed by atoms with Crippen LogP contribution in [-0.4, -0.2) is 19.7 Å². The van der Waals surface area contributed by atoms with Crippen molar-refractivity contribution in [1.82, 2.24) is 5.32 Å². The van der Waals surface area contributed by atoms with Gasteiger partial charge in [0, 0.05) is 19.1 Å². The van der Waals surface area contributed by atoms with E-state index in [1.807, 2.05) is 6.07 Å². The first kappa shape index (κ1) is 9.49. The molecule has 1 aromatic carbocycles. The Balaban J connectivity index is 2.25. The molecule has 1 aromatic rings. The van der Waals surface area contributed by atoms with Crippen molar-refractivity contribution in [1.29, 1.82) is 0 Å². The molecular weight excluding hydrogens is 176 g/mol. The lowest BCUT2D eigenvalue weighted by molar-refractivity contribution is 0.411. The van der Waals surface area contributed by atoms with Crippen LogP contribution in [0.2, 0.25) is 0 Å². The molecule has 3 heteroatoms. The predicted octanol–water partition coefficient (Wildman–Crippen LogP) is 0.668. The van der Waals surface area contributed by atoms with Gasteiger partial charge in [-0.05, 0) is 29.7 Å². The van der Waals surface area contributed by atoms with Gasteiger partial charge in [-0.25, -0.2) is 0 Å². The van der Waals surface area contributed by atoms with Gasteiger partial charge in [0.2, 0.25) is 0 Å². The molecule has 1 atom stereocenters. The maximum atomic E-state index is 5.64. The Morgan fingerprint density at radius 2 is 2.36 bits per heavy atom. The quantitative estimate of drug-likeness (QED) is 0.724. The standard InChI is InChI=1S/C11H16N2O/c1-14-11-3-2-8-7-13-10(6-12)4-9(8)5-11/h2-3,5,10,13H,4,6-7,12H2,1H3. The van der Waals surface area contributed by atoms with Crippen molar-refractivity contribution < 1.29 is 4.74 Å². The lowest BCUT2D eigenvalue weighted by atomic mass is 9.96. The number of nitrogens with one attached hydrogen (secondary N) is 1. The van der Waals surface area contributed by atoms with E-state index in [2.05, 4.69) is 17.4 Å². The highest BCUT2D eigenvalue weighted by molar-refractivity contribution is 5.37. The highest BCUT2D eigenvalue weighted by Gasteiger charge is 2.16. The van der Waals surface area contributed by atoms with Crippen LogP contribution < -0.4 is 15.8 Å². The monoisotopic (exact) mass is 192 g/mol. The summed E-state index contributed by atoms with van der Waals surface area (Å²) in [4.78, 5) is 0. The second-order valence-corrected chi connectivity index (χ2v) is 3.65. The predicted molar refractivity (Wildman–Crippen MR) is 56.4 cm³/mol. The van der Waals surface area contributed by atoms with E-state index < -0.39 is 0 Å². The Labute approximate surface area is 84.3 Å². The fourth-order valence-electron chi connectivity index (χ4n) is 1.85. The topological polar surface area (TPSA) is 47.3 Å². The summed E-state index contributed by atoms with van der Waals surface area (Å²) in [5.41, 5.74) is 8.35. The number of ether oxygens (including phenoxy) is 1. The molecule has 1 unspecified atom stereocenters. The number of hydrogen-bond acceptors (Lipinski definition) is 3. The van der Waals surface area contributed by atoms with Crippen molar-refractivity contribution in [3.8, 4) is 5.75 Å². The van der Waals surface area contributed by atoms with Gasteiger partial charge in [-0.2, -0.15) is 0 Å². The zero-order chi connectivity index (χ0) is 9.97. The molecule has 14 heavy (non-hydrogen) atoms. The Kier molecular flexibility index (Phi) is 2.70. The van der Waals surface area contributed by atoms with Gasteiger partial charge in [0.05, 0.1) is 7.11 Å². The fraction of sp³-hybridized carbons (Fsp3) is 0.455. The van der Waals surface area contributed by atoms with Crippen molar-refractivity contribution in [2.45, 2.75) is 19.0 Å². The van der Waals surface area contributed by atoms with Crippen LogP contribution in [0.1, 0.15) is 11.1 Å². The number of fused-ring (bicyclic) bond motifs is 1. The number of rotatable bonds is 2. The average molecular weight is 192 g/mol. The van der Waals surface area contributed by atoms with Gasteiger partial charge in [0.25, 0.3) is 0 Å². The smallest absolute Gasteiger partial charge is 0.119 e. The molecule has 0 aromatic heterocycles. The van der Waals surface area contributed by atoms with Gasteiger partial charge >= 0.3 is 0 Å². The van der Waals surface area contributed by atoms with Crippen LogP contribution in [-0.2, 0) is 13.0 Å². The Morgan fingerprint density at radius 3 is 3.07 bits per heavy atom. The summed E-state index contributed by atoms with van der Waals surface area (Å²) >= 11 is 0. The molecule has 1 aliphatic rings. The van der Waals surface area contributed by atoms with Crippen LogP contribution >= 0.6 is 0 Å². The van der Waals surface area contributed by atoms with E-state index in [0.29, 0.717) is 12.6 Å². The van der Waals surface area contributed by atoms with Gasteiger partial charge in [-0.3, -0.25) is 0 Å². The Morgan fingerprint density at radius 1 is 1.50 bits per heavy atom. The fourth-order valence-corrected chi connectivity index (χ4v) is 1.85. The van der Waals surface area contributed by atoms with Crippen LogP contribution in [0.15, 0.2) is 18.2 Å². The molecular formula is C11H16N2O. The first-order valence-electron chi connectivity index (χ1n) is 4.92. The lowest BCUT2D eigenvalue weighted by Gasteiger charge is -2.25. The summed E-state index contributed by atoms with van der Waals surface area (Å²) in [6.07, 6.45) is 1.00. The number of methoxy groups -OCH3 is 1. The summed E-state index contributed by atoms with van der Waals surface area (Å²) < 4.78 is 5.20. The first-order valence-corrected chi connectivity index (χ1v) is 4.92. The second-order valence-electron chi connectivity index (χ2n) is 3.65. The summed E-state index contributed by atoms with van der Waals surface area (Å²) in [6.45, 7) is 1.61. The lowest BCUT2D eigenvalue weighted by Crippen LogP contribution is -2.40. The van der Waals surface area contributed by atoms with Crippen molar-refractivity contribution in [3.63, 3.8) is 0 Å². The summed E-state index contributed by atoms with van der Waals surface area (Å²) in [7, 11) is 1.70. The third-order valence-corrected chi connectivity index (χ3v) is 2.75. The van der Waals surface area contributed by atoms with Crippen LogP contribution in [0.5, 0.6) is 5.75 Å². The summed E-state index contributed by atoms with van der Waals surface area (Å²) in [6, 6.07) is 6.64. The SMILES string of the molecule is COc1ccc2c(c1)CC(CN)NC2. The number of benzene rings is 1. The third-order valence-electron chi connectivity index (χ3n) is 2.75. The Hall–Kier alpha value is -1.06. The van der Waals surface area contributed by atoms with Gasteiger partial charge in [0.15, 0.2) is 0 Å². The van der Waals surface area contributed by atoms with Gasteiger partial charge in [0.1, 0.15) is 5.75 Å². The second kappa shape index (κ2) is 3.98. The molecule has 2 rings (SSSR count). The minimum atomic E-state index is 0.412. The molecule has 1 heterocycles. The molecule has 0 saturated carbocycles. The van der Waals surface area contributed by atoms with E-state index >= 15 is 0 Å². The van der Waals surface area contributed by atoms with Crippen LogP contribution in [0.3, 0.4) is 0 Å². The van der Waals surface area contributed by atoms with E-state index in [0.717, 1.165) is 18.7 Å². The van der Waals surface area contributed by atoms with Crippen molar-refractivity contribution in [3.05, 3.63) is 29.3 Å². The minimum absolute atomic E-state index is 0.412. The zero-order valence-electron chi connectivity index (χ0n) is 8.42. The van der Waals surface area contributed by atoms with Gasteiger partial charge < -0.3 is 15.8 Å². The zero-order valence-corrected chi connectivity index (χ0v) is 8.42. The molecule has 0 radical (unpaired) electrons. The molecule has 0 amide bonds. The van der Waals surface area contributed by atoms with E-state index in [1.54, 1.807) is 7.11 Å². The maximum absolute atomic E-state index is 5.64. The average Bonchev–Trinajstić information content (AvgIpc) is 2.27. The maximum Gasteiger partial charge on any atom is 0.119 e. The molecule has 3 nitrogen and oxygen atoms in total. The van der Waals surface area contributed by atoms with Gasteiger partial charge in [-0.15, -0.1) is 0 Å². The molecule has 0 spiro atoms. The summed E-state index contributed by atoms with van der Waals surface area (Å²) in [5.74, 6) is 0.932. The molecule has 3 N–H and O–H groups in total. The first-order chi connectivity index (χ1) is 6.83. The highest BCUT2D eigenvalue weighted by atomic mass is 16.5. The molecule has 0 aliphatic carbocycles. The van der Waals surface area contributed by atoms with E-state index in [1.165, 1.54) is 11.1 Å². The molecule has 0 saturated heterocycles. The van der Waals surface area contributed by atoms with E-state index in [9.17, 15) is 0 Å². The van der Waals surface area contributed by atoms with Crippen molar-refractivity contribution >= 4 is 0 Å². The Bertz CT molecular complexity index is 325. The van der Waals surface area contributed by atoms with Crippen molar-refractivity contribution in [2.75, 3.05) is 13.7 Å².